The van der Waals surface area contributed by atoms with E-state index >= 15 is 0 Å². The Bertz CT molecular complexity index is 485. The fourth-order valence-corrected chi connectivity index (χ4v) is 4.10. The summed E-state index contributed by atoms with van der Waals surface area (Å²) in [6.45, 7) is 2.01. The van der Waals surface area contributed by atoms with Gasteiger partial charge in [-0.2, -0.15) is 0 Å². The van der Waals surface area contributed by atoms with Crippen LogP contribution >= 0.6 is 0 Å². The summed E-state index contributed by atoms with van der Waals surface area (Å²) < 4.78 is 13.7. The highest BCUT2D eigenvalue weighted by Gasteiger charge is 2.45. The molecular weight excluding hydrogens is 265 g/mol. The van der Waals surface area contributed by atoms with Gasteiger partial charge in [0.25, 0.3) is 0 Å². The van der Waals surface area contributed by atoms with Gasteiger partial charge in [-0.3, -0.25) is 10.2 Å². The van der Waals surface area contributed by atoms with E-state index in [-0.39, 0.29) is 16.9 Å². The van der Waals surface area contributed by atoms with Crippen LogP contribution in [0, 0.1) is 5.82 Å². The van der Waals surface area contributed by atoms with E-state index in [2.05, 4.69) is 35.7 Å². The van der Waals surface area contributed by atoms with Crippen molar-refractivity contribution in [2.45, 2.75) is 43.2 Å². The highest BCUT2D eigenvalue weighted by molar-refractivity contribution is 5.27. The number of benzene rings is 1. The first-order chi connectivity index (χ1) is 10.1. The van der Waals surface area contributed by atoms with Crippen LogP contribution in [-0.2, 0) is 5.54 Å². The van der Waals surface area contributed by atoms with Gasteiger partial charge in [0.15, 0.2) is 0 Å². The summed E-state index contributed by atoms with van der Waals surface area (Å²) in [7, 11) is 4.25. The molecule has 3 rings (SSSR count). The average molecular weight is 291 g/mol. The van der Waals surface area contributed by atoms with E-state index in [4.69, 9.17) is 0 Å². The van der Waals surface area contributed by atoms with Gasteiger partial charge in [-0.1, -0.05) is 12.1 Å². The summed E-state index contributed by atoms with van der Waals surface area (Å²) in [6, 6.07) is 7.17. The molecule has 0 radical (unpaired) electrons. The fourth-order valence-electron chi connectivity index (χ4n) is 4.10. The Balaban J connectivity index is 1.84. The molecule has 1 aromatic carbocycles. The van der Waals surface area contributed by atoms with Crippen LogP contribution in [0.25, 0.3) is 0 Å². The van der Waals surface area contributed by atoms with E-state index in [0.717, 1.165) is 44.5 Å². The monoisotopic (exact) mass is 291 g/mol. The predicted octanol–water partition coefficient (Wildman–Crippen LogP) is 2.44. The molecule has 0 amide bonds. The van der Waals surface area contributed by atoms with Gasteiger partial charge in [-0.25, -0.2) is 4.39 Å². The summed E-state index contributed by atoms with van der Waals surface area (Å²) in [4.78, 5) is 2.29. The van der Waals surface area contributed by atoms with Crippen molar-refractivity contribution >= 4 is 0 Å². The molecule has 2 fully saturated rings. The van der Waals surface area contributed by atoms with Crippen molar-refractivity contribution in [3.8, 4) is 0 Å². The second-order valence-electron chi connectivity index (χ2n) is 6.82. The number of nitrogens with zero attached hydrogens (tertiary/aromatic N) is 1. The lowest BCUT2D eigenvalue weighted by atomic mass is 9.67. The molecule has 4 heteroatoms. The first-order valence-electron chi connectivity index (χ1n) is 7.96. The summed E-state index contributed by atoms with van der Waals surface area (Å²) >= 11 is 0. The minimum atomic E-state index is -0.131. The predicted molar refractivity (Wildman–Crippen MR) is 83.6 cm³/mol. The van der Waals surface area contributed by atoms with Crippen molar-refractivity contribution in [3.05, 3.63) is 35.6 Å². The van der Waals surface area contributed by atoms with Crippen LogP contribution in [0.15, 0.2) is 24.3 Å². The van der Waals surface area contributed by atoms with E-state index in [9.17, 15) is 4.39 Å². The third-order valence-electron chi connectivity index (χ3n) is 5.62. The fraction of sp³-hybridized carbons (Fsp3) is 0.647. The van der Waals surface area contributed by atoms with Gasteiger partial charge in [-0.15, -0.1) is 0 Å². The SMILES string of the molecule is CN(C)C1(c2cccc(F)c2)CCC2(CCNCN2)CC1. The minimum absolute atomic E-state index is 0.0279. The lowest BCUT2D eigenvalue weighted by Gasteiger charge is -2.51. The second-order valence-corrected chi connectivity index (χ2v) is 6.82. The Morgan fingerprint density at radius 2 is 1.86 bits per heavy atom. The van der Waals surface area contributed by atoms with Crippen LogP contribution in [-0.4, -0.2) is 37.7 Å². The van der Waals surface area contributed by atoms with Gasteiger partial charge >= 0.3 is 0 Å². The highest BCUT2D eigenvalue weighted by Crippen LogP contribution is 2.45. The molecule has 3 nitrogen and oxygen atoms in total. The molecule has 0 atom stereocenters. The van der Waals surface area contributed by atoms with Crippen LogP contribution in [0.4, 0.5) is 4.39 Å². The standard InChI is InChI=1S/C17H26FN3/c1-21(2)17(14-4-3-5-15(18)12-14)8-6-16(7-9-17)10-11-19-13-20-16/h3-5,12,19-20H,6-11,13H2,1-2H3. The Kier molecular flexibility index (Phi) is 4.04. The molecule has 1 saturated carbocycles. The number of rotatable bonds is 2. The van der Waals surface area contributed by atoms with Crippen molar-refractivity contribution in [1.29, 1.82) is 0 Å². The number of nitrogens with one attached hydrogen (secondary N) is 2. The summed E-state index contributed by atoms with van der Waals surface area (Å²) in [5.41, 5.74) is 1.38. The molecule has 1 aliphatic carbocycles. The van der Waals surface area contributed by atoms with Crippen LogP contribution < -0.4 is 10.6 Å². The lowest BCUT2D eigenvalue weighted by molar-refractivity contribution is 0.0439. The van der Waals surface area contributed by atoms with Crippen molar-refractivity contribution < 1.29 is 4.39 Å². The molecule has 21 heavy (non-hydrogen) atoms. The van der Waals surface area contributed by atoms with Gasteiger partial charge in [0, 0.05) is 17.7 Å². The molecule has 1 spiro atoms. The zero-order valence-corrected chi connectivity index (χ0v) is 13.1. The first-order valence-corrected chi connectivity index (χ1v) is 7.96. The number of hydrogen-bond acceptors (Lipinski definition) is 3. The van der Waals surface area contributed by atoms with Crippen LogP contribution in [0.1, 0.15) is 37.7 Å². The van der Waals surface area contributed by atoms with E-state index < -0.39 is 0 Å². The third-order valence-corrected chi connectivity index (χ3v) is 5.62. The molecule has 1 heterocycles. The average Bonchev–Trinajstić information content (AvgIpc) is 2.49. The molecule has 2 aliphatic rings. The van der Waals surface area contributed by atoms with Crippen LogP contribution in [0.3, 0.4) is 0 Å². The number of halogens is 1. The summed E-state index contributed by atoms with van der Waals surface area (Å²) in [6.07, 6.45) is 5.67. The van der Waals surface area contributed by atoms with Crippen molar-refractivity contribution in [3.63, 3.8) is 0 Å². The second kappa shape index (κ2) is 5.67. The van der Waals surface area contributed by atoms with Crippen LogP contribution in [0.2, 0.25) is 0 Å². The number of hydrogen-bond donors (Lipinski definition) is 2. The Labute approximate surface area is 126 Å². The first kappa shape index (κ1) is 14.9. The molecule has 1 aromatic rings. The van der Waals surface area contributed by atoms with Gasteiger partial charge in [0.05, 0.1) is 0 Å². The van der Waals surface area contributed by atoms with Gasteiger partial charge in [0.2, 0.25) is 0 Å². The Morgan fingerprint density at radius 3 is 2.43 bits per heavy atom. The molecule has 2 N–H and O–H groups in total. The zero-order valence-electron chi connectivity index (χ0n) is 13.1. The summed E-state index contributed by atoms with van der Waals surface area (Å²) in [5, 5.41) is 7.04. The molecule has 1 aliphatic heterocycles. The largest absolute Gasteiger partial charge is 0.304 e. The molecule has 0 bridgehead atoms. The normalized spacial score (nSPS) is 33.5. The topological polar surface area (TPSA) is 27.3 Å². The maximum Gasteiger partial charge on any atom is 0.123 e. The van der Waals surface area contributed by atoms with E-state index in [0.29, 0.717) is 0 Å². The zero-order chi connectivity index (χ0) is 14.9. The van der Waals surface area contributed by atoms with Crippen molar-refractivity contribution in [2.24, 2.45) is 0 Å². The molecule has 116 valence electrons. The third kappa shape index (κ3) is 2.72. The molecule has 0 unspecified atom stereocenters. The molecule has 1 saturated heterocycles. The van der Waals surface area contributed by atoms with Crippen molar-refractivity contribution in [1.82, 2.24) is 15.5 Å². The molecular formula is C17H26FN3. The smallest absolute Gasteiger partial charge is 0.123 e. The van der Waals surface area contributed by atoms with E-state index in [1.807, 2.05) is 6.07 Å². The maximum absolute atomic E-state index is 13.7. The van der Waals surface area contributed by atoms with E-state index in [1.54, 1.807) is 6.07 Å². The minimum Gasteiger partial charge on any atom is -0.304 e. The van der Waals surface area contributed by atoms with Crippen molar-refractivity contribution in [2.75, 3.05) is 27.3 Å². The van der Waals surface area contributed by atoms with Crippen LogP contribution in [0.5, 0.6) is 0 Å². The Morgan fingerprint density at radius 1 is 1.10 bits per heavy atom. The maximum atomic E-state index is 13.7. The van der Waals surface area contributed by atoms with E-state index in [1.165, 1.54) is 12.5 Å². The van der Waals surface area contributed by atoms with Gasteiger partial charge in [0.1, 0.15) is 5.82 Å². The Hall–Kier alpha value is -0.970. The van der Waals surface area contributed by atoms with Gasteiger partial charge in [-0.05, 0) is 70.4 Å². The van der Waals surface area contributed by atoms with Gasteiger partial charge < -0.3 is 5.32 Å². The quantitative estimate of drug-likeness (QED) is 0.876. The summed E-state index contributed by atoms with van der Waals surface area (Å²) in [5.74, 6) is -0.131. The molecule has 0 aromatic heterocycles. The lowest BCUT2D eigenvalue weighted by Crippen LogP contribution is -2.59. The highest BCUT2D eigenvalue weighted by atomic mass is 19.1.